The van der Waals surface area contributed by atoms with Crippen molar-refractivity contribution in [2.24, 2.45) is 18.0 Å². The molecule has 0 spiro atoms. The highest BCUT2D eigenvalue weighted by Crippen LogP contribution is 2.21. The molecule has 2 aromatic rings. The van der Waals surface area contributed by atoms with Crippen LogP contribution in [0.1, 0.15) is 44.0 Å². The van der Waals surface area contributed by atoms with Crippen LogP contribution in [0.4, 0.5) is 0 Å². The first-order valence-corrected chi connectivity index (χ1v) is 11.7. The minimum absolute atomic E-state index is 0.695. The third-order valence-corrected chi connectivity index (χ3v) is 6.10. The summed E-state index contributed by atoms with van der Waals surface area (Å²) in [4.78, 5) is 13.9. The molecule has 7 nitrogen and oxygen atoms in total. The summed E-state index contributed by atoms with van der Waals surface area (Å²) in [5.41, 5.74) is 1.49. The summed E-state index contributed by atoms with van der Waals surface area (Å²) >= 11 is 0. The molecule has 1 aliphatic rings. The topological polar surface area (TPSA) is 61.6 Å². The van der Waals surface area contributed by atoms with Gasteiger partial charge in [0.2, 0.25) is 0 Å². The molecule has 0 saturated carbocycles. The van der Waals surface area contributed by atoms with Crippen LogP contribution >= 0.6 is 0 Å². The number of aromatic nitrogens is 3. The van der Waals surface area contributed by atoms with Gasteiger partial charge in [-0.3, -0.25) is 9.67 Å². The summed E-state index contributed by atoms with van der Waals surface area (Å²) < 4.78 is 1.81. The number of guanidine groups is 1. The Balaban J connectivity index is 1.33. The fraction of sp³-hybridized carbons (Fsp3) is 0.625. The quantitative estimate of drug-likeness (QED) is 0.360. The number of unbranched alkanes of at least 4 members (excludes halogenated alkanes) is 1. The third-order valence-electron chi connectivity index (χ3n) is 6.10. The fourth-order valence-corrected chi connectivity index (χ4v) is 4.21. The molecule has 0 aliphatic carbocycles. The van der Waals surface area contributed by atoms with Crippen molar-refractivity contribution < 1.29 is 0 Å². The first-order valence-electron chi connectivity index (χ1n) is 11.7. The Morgan fingerprint density at radius 3 is 2.65 bits per heavy atom. The number of nitrogens with zero attached hydrogens (tertiary/aromatic N) is 6. The molecule has 1 N–H and O–H groups in total. The van der Waals surface area contributed by atoms with Crippen LogP contribution in [-0.4, -0.2) is 70.3 Å². The van der Waals surface area contributed by atoms with E-state index >= 15 is 0 Å². The maximum Gasteiger partial charge on any atom is 0.194 e. The first-order chi connectivity index (χ1) is 15.2. The van der Waals surface area contributed by atoms with E-state index in [9.17, 15) is 0 Å². The van der Waals surface area contributed by atoms with Crippen molar-refractivity contribution in [2.45, 2.75) is 45.6 Å². The summed E-state index contributed by atoms with van der Waals surface area (Å²) in [6.45, 7) is 8.19. The zero-order valence-corrected chi connectivity index (χ0v) is 19.5. The minimum atomic E-state index is 0.695. The average Bonchev–Trinajstić information content (AvgIpc) is 3.19. The predicted octanol–water partition coefficient (Wildman–Crippen LogP) is 2.95. The van der Waals surface area contributed by atoms with Crippen molar-refractivity contribution in [1.82, 2.24) is 29.9 Å². The molecule has 1 aromatic heterocycles. The van der Waals surface area contributed by atoms with Crippen molar-refractivity contribution in [2.75, 3.05) is 39.8 Å². The van der Waals surface area contributed by atoms with E-state index in [-0.39, 0.29) is 0 Å². The van der Waals surface area contributed by atoms with Gasteiger partial charge in [0.25, 0.3) is 0 Å². The van der Waals surface area contributed by atoms with Gasteiger partial charge in [-0.15, -0.1) is 0 Å². The van der Waals surface area contributed by atoms with E-state index in [1.807, 2.05) is 11.7 Å². The highest BCUT2D eigenvalue weighted by Gasteiger charge is 2.19. The Hall–Kier alpha value is -2.41. The van der Waals surface area contributed by atoms with Crippen LogP contribution in [0, 0.1) is 5.92 Å². The number of hydrogen-bond donors (Lipinski definition) is 1. The number of piperidine rings is 1. The van der Waals surface area contributed by atoms with Gasteiger partial charge in [0, 0.05) is 27.2 Å². The van der Waals surface area contributed by atoms with Gasteiger partial charge in [0.15, 0.2) is 5.96 Å². The summed E-state index contributed by atoms with van der Waals surface area (Å²) in [7, 11) is 3.97. The molecule has 170 valence electrons. The van der Waals surface area contributed by atoms with Crippen molar-refractivity contribution in [3.05, 3.63) is 48.0 Å². The predicted molar refractivity (Wildman–Crippen MR) is 127 cm³/mol. The van der Waals surface area contributed by atoms with Crippen LogP contribution < -0.4 is 5.32 Å². The Morgan fingerprint density at radius 1 is 1.19 bits per heavy atom. The highest BCUT2D eigenvalue weighted by molar-refractivity contribution is 5.79. The first kappa shape index (κ1) is 23.3. The SMILES string of the molecule is CCNC(=NCCCCN1CCC(Cc2ccccc2)CC1)N(C)Cc1ncnn1C. The molecule has 2 heterocycles. The number of rotatable bonds is 10. The normalized spacial score (nSPS) is 15.9. The second-order valence-corrected chi connectivity index (χ2v) is 8.57. The van der Waals surface area contributed by atoms with Gasteiger partial charge in [0.05, 0.1) is 6.54 Å². The summed E-state index contributed by atoms with van der Waals surface area (Å²) in [6, 6.07) is 10.9. The van der Waals surface area contributed by atoms with Gasteiger partial charge in [-0.05, 0) is 70.1 Å². The van der Waals surface area contributed by atoms with E-state index in [0.717, 1.165) is 37.2 Å². The Labute approximate surface area is 187 Å². The van der Waals surface area contributed by atoms with Gasteiger partial charge < -0.3 is 15.1 Å². The average molecular weight is 426 g/mol. The van der Waals surface area contributed by atoms with Crippen molar-refractivity contribution >= 4 is 5.96 Å². The van der Waals surface area contributed by atoms with E-state index < -0.39 is 0 Å². The zero-order chi connectivity index (χ0) is 21.9. The maximum absolute atomic E-state index is 4.82. The lowest BCUT2D eigenvalue weighted by molar-refractivity contribution is 0.181. The summed E-state index contributed by atoms with van der Waals surface area (Å²) in [6.07, 6.45) is 7.81. The van der Waals surface area contributed by atoms with E-state index in [2.05, 4.69) is 69.5 Å². The molecule has 1 aromatic carbocycles. The summed E-state index contributed by atoms with van der Waals surface area (Å²) in [5, 5.41) is 7.53. The lowest BCUT2D eigenvalue weighted by Crippen LogP contribution is -2.39. The van der Waals surface area contributed by atoms with Gasteiger partial charge in [-0.2, -0.15) is 5.10 Å². The maximum atomic E-state index is 4.82. The minimum Gasteiger partial charge on any atom is -0.357 e. The second kappa shape index (κ2) is 12.4. The van der Waals surface area contributed by atoms with Gasteiger partial charge in [-0.1, -0.05) is 30.3 Å². The van der Waals surface area contributed by atoms with Crippen molar-refractivity contribution in [3.63, 3.8) is 0 Å². The van der Waals surface area contributed by atoms with Crippen LogP contribution in [0.15, 0.2) is 41.7 Å². The third kappa shape index (κ3) is 7.65. The standard InChI is InChI=1S/C24H39N7/c1-4-25-24(29(2)19-23-27-20-28-30(23)3)26-14-8-9-15-31-16-12-22(13-17-31)18-21-10-6-5-7-11-21/h5-7,10-11,20,22H,4,8-9,12-19H2,1-3H3,(H,25,26). The van der Waals surface area contributed by atoms with Crippen LogP contribution in [-0.2, 0) is 20.0 Å². The lowest BCUT2D eigenvalue weighted by Gasteiger charge is -2.32. The fourth-order valence-electron chi connectivity index (χ4n) is 4.21. The smallest absolute Gasteiger partial charge is 0.194 e. The molecule has 0 atom stereocenters. The Bertz CT molecular complexity index is 778. The van der Waals surface area contributed by atoms with Crippen molar-refractivity contribution in [1.29, 1.82) is 0 Å². The largest absolute Gasteiger partial charge is 0.357 e. The summed E-state index contributed by atoms with van der Waals surface area (Å²) in [5.74, 6) is 2.71. The molecule has 0 unspecified atom stereocenters. The molecule has 31 heavy (non-hydrogen) atoms. The molecular weight excluding hydrogens is 386 g/mol. The molecule has 0 amide bonds. The zero-order valence-electron chi connectivity index (χ0n) is 19.5. The molecule has 0 radical (unpaired) electrons. The number of hydrogen-bond acceptors (Lipinski definition) is 4. The highest BCUT2D eigenvalue weighted by atomic mass is 15.4. The lowest BCUT2D eigenvalue weighted by atomic mass is 9.90. The molecular formula is C24H39N7. The van der Waals surface area contributed by atoms with Crippen LogP contribution in [0.25, 0.3) is 0 Å². The number of likely N-dealkylation sites (tertiary alicyclic amines) is 1. The van der Waals surface area contributed by atoms with Crippen molar-refractivity contribution in [3.8, 4) is 0 Å². The van der Waals surface area contributed by atoms with Crippen LogP contribution in [0.5, 0.6) is 0 Å². The molecule has 0 bridgehead atoms. The van der Waals surface area contributed by atoms with Crippen LogP contribution in [0.2, 0.25) is 0 Å². The number of benzene rings is 1. The Morgan fingerprint density at radius 2 is 1.97 bits per heavy atom. The molecule has 7 heteroatoms. The van der Waals surface area contributed by atoms with Gasteiger partial charge >= 0.3 is 0 Å². The molecule has 1 fully saturated rings. The van der Waals surface area contributed by atoms with E-state index in [4.69, 9.17) is 4.99 Å². The molecule has 3 rings (SSSR count). The van der Waals surface area contributed by atoms with E-state index in [1.54, 1.807) is 6.33 Å². The molecule has 1 saturated heterocycles. The number of aryl methyl sites for hydroxylation is 1. The van der Waals surface area contributed by atoms with Gasteiger partial charge in [-0.25, -0.2) is 4.98 Å². The van der Waals surface area contributed by atoms with Crippen LogP contribution in [0.3, 0.4) is 0 Å². The number of nitrogens with one attached hydrogen (secondary N) is 1. The molecule has 1 aliphatic heterocycles. The van der Waals surface area contributed by atoms with E-state index in [0.29, 0.717) is 6.54 Å². The number of aliphatic imine (C=N–C) groups is 1. The monoisotopic (exact) mass is 425 g/mol. The van der Waals surface area contributed by atoms with Gasteiger partial charge in [0.1, 0.15) is 12.2 Å². The van der Waals surface area contributed by atoms with E-state index in [1.165, 1.54) is 50.9 Å². The Kier molecular flexibility index (Phi) is 9.34. The second-order valence-electron chi connectivity index (χ2n) is 8.57.